The van der Waals surface area contributed by atoms with E-state index in [4.69, 9.17) is 16.3 Å². The summed E-state index contributed by atoms with van der Waals surface area (Å²) in [4.78, 5) is 13.3. The maximum Gasteiger partial charge on any atom is 0.244 e. The first-order valence-corrected chi connectivity index (χ1v) is 5.35. The molecule has 0 saturated carbocycles. The van der Waals surface area contributed by atoms with Gasteiger partial charge in [0.05, 0.1) is 12.3 Å². The maximum atomic E-state index is 11.7. The lowest BCUT2D eigenvalue weighted by Crippen LogP contribution is -2.44. The van der Waals surface area contributed by atoms with Gasteiger partial charge in [-0.05, 0) is 13.0 Å². The first-order chi connectivity index (χ1) is 7.24. The Morgan fingerprint density at radius 3 is 3.07 bits per heavy atom. The van der Waals surface area contributed by atoms with Gasteiger partial charge < -0.3 is 4.74 Å². The van der Waals surface area contributed by atoms with Crippen LogP contribution < -0.4 is 4.90 Å². The van der Waals surface area contributed by atoms with Crippen LogP contribution in [0.2, 0.25) is 0 Å². The second kappa shape index (κ2) is 4.21. The number of anilines is 1. The molecule has 1 atom stereocenters. The van der Waals surface area contributed by atoms with E-state index in [1.54, 1.807) is 4.90 Å². The van der Waals surface area contributed by atoms with Crippen LogP contribution in [-0.4, -0.2) is 18.0 Å². The van der Waals surface area contributed by atoms with Crippen molar-refractivity contribution in [3.63, 3.8) is 0 Å². The summed E-state index contributed by atoms with van der Waals surface area (Å²) in [5.74, 6) is -0.154. The van der Waals surface area contributed by atoms with Gasteiger partial charge >= 0.3 is 0 Å². The standard InChI is InChI=1S/C11H12ClNO2/c1-8-13(11(14)6-12)10-5-3-2-4-9(10)7-15-8/h2-5,8H,6-7H2,1H3. The van der Waals surface area contributed by atoms with Crippen molar-refractivity contribution in [3.8, 4) is 0 Å². The Morgan fingerprint density at radius 1 is 1.60 bits per heavy atom. The molecule has 0 bridgehead atoms. The molecule has 1 aliphatic heterocycles. The first kappa shape index (κ1) is 10.5. The normalized spacial score (nSPS) is 19.9. The predicted molar refractivity (Wildman–Crippen MR) is 58.9 cm³/mol. The topological polar surface area (TPSA) is 29.5 Å². The number of hydrogen-bond donors (Lipinski definition) is 0. The van der Waals surface area contributed by atoms with Gasteiger partial charge in [-0.3, -0.25) is 9.69 Å². The molecule has 0 N–H and O–H groups in total. The molecule has 1 unspecified atom stereocenters. The van der Waals surface area contributed by atoms with Crippen molar-refractivity contribution in [1.29, 1.82) is 0 Å². The van der Waals surface area contributed by atoms with Crippen LogP contribution in [0.3, 0.4) is 0 Å². The zero-order valence-corrected chi connectivity index (χ0v) is 9.20. The van der Waals surface area contributed by atoms with Crippen LogP contribution in [0.25, 0.3) is 0 Å². The number of halogens is 1. The van der Waals surface area contributed by atoms with E-state index in [2.05, 4.69) is 0 Å². The molecular formula is C11H12ClNO2. The summed E-state index contributed by atoms with van der Waals surface area (Å²) >= 11 is 5.57. The van der Waals surface area contributed by atoms with Crippen molar-refractivity contribution in [1.82, 2.24) is 0 Å². The SMILES string of the molecule is CC1OCc2ccccc2N1C(=O)CCl. The van der Waals surface area contributed by atoms with Gasteiger partial charge in [0.15, 0.2) is 0 Å². The lowest BCUT2D eigenvalue weighted by Gasteiger charge is -2.34. The Labute approximate surface area is 93.6 Å². The predicted octanol–water partition coefficient (Wildman–Crippen LogP) is 2.13. The van der Waals surface area contributed by atoms with Crippen LogP contribution in [0, 0.1) is 0 Å². The Bertz CT molecular complexity index is 381. The molecule has 0 aromatic heterocycles. The van der Waals surface area contributed by atoms with E-state index in [9.17, 15) is 4.79 Å². The highest BCUT2D eigenvalue weighted by Gasteiger charge is 2.27. The molecule has 1 aliphatic rings. The third-order valence-electron chi connectivity index (χ3n) is 2.48. The van der Waals surface area contributed by atoms with Crippen LogP contribution in [0.15, 0.2) is 24.3 Å². The van der Waals surface area contributed by atoms with Crippen LogP contribution in [0.5, 0.6) is 0 Å². The van der Waals surface area contributed by atoms with Crippen molar-refractivity contribution in [2.45, 2.75) is 19.8 Å². The number of alkyl halides is 1. The lowest BCUT2D eigenvalue weighted by molar-refractivity contribution is -0.119. The van der Waals surface area contributed by atoms with E-state index in [0.717, 1.165) is 11.3 Å². The zero-order valence-electron chi connectivity index (χ0n) is 8.44. The molecule has 0 fully saturated rings. The second-order valence-electron chi connectivity index (χ2n) is 3.44. The molecule has 1 aromatic carbocycles. The lowest BCUT2D eigenvalue weighted by atomic mass is 10.1. The van der Waals surface area contributed by atoms with Crippen molar-refractivity contribution in [2.24, 2.45) is 0 Å². The summed E-state index contributed by atoms with van der Waals surface area (Å²) in [6.07, 6.45) is -0.244. The fourth-order valence-corrected chi connectivity index (χ4v) is 1.88. The molecule has 4 heteroatoms. The van der Waals surface area contributed by atoms with Gasteiger partial charge in [-0.1, -0.05) is 18.2 Å². The van der Waals surface area contributed by atoms with Crippen molar-refractivity contribution < 1.29 is 9.53 Å². The monoisotopic (exact) mass is 225 g/mol. The average Bonchev–Trinajstić information content (AvgIpc) is 2.28. The van der Waals surface area contributed by atoms with E-state index >= 15 is 0 Å². The van der Waals surface area contributed by atoms with Gasteiger partial charge in [0, 0.05) is 5.56 Å². The first-order valence-electron chi connectivity index (χ1n) is 4.81. The number of carbonyl (C=O) groups excluding carboxylic acids is 1. The van der Waals surface area contributed by atoms with Crippen molar-refractivity contribution in [2.75, 3.05) is 10.8 Å². The Morgan fingerprint density at radius 2 is 2.33 bits per heavy atom. The number of para-hydroxylation sites is 1. The van der Waals surface area contributed by atoms with Gasteiger partial charge in [0.25, 0.3) is 0 Å². The number of rotatable bonds is 1. The summed E-state index contributed by atoms with van der Waals surface area (Å²) in [5.41, 5.74) is 1.93. The number of fused-ring (bicyclic) bond motifs is 1. The molecule has 1 heterocycles. The minimum absolute atomic E-state index is 0.0258. The molecule has 3 nitrogen and oxygen atoms in total. The molecule has 2 rings (SSSR count). The summed E-state index contributed by atoms with van der Waals surface area (Å²) in [7, 11) is 0. The highest BCUT2D eigenvalue weighted by Crippen LogP contribution is 2.28. The number of amides is 1. The summed E-state index contributed by atoms with van der Waals surface area (Å²) in [5, 5.41) is 0. The Hall–Kier alpha value is -1.06. The molecule has 0 spiro atoms. The van der Waals surface area contributed by atoms with Crippen LogP contribution in [0.1, 0.15) is 12.5 Å². The molecule has 80 valence electrons. The van der Waals surface area contributed by atoms with E-state index in [1.807, 2.05) is 31.2 Å². The number of ether oxygens (including phenoxy) is 1. The largest absolute Gasteiger partial charge is 0.353 e. The zero-order chi connectivity index (χ0) is 10.8. The Balaban J connectivity index is 2.41. The Kier molecular flexibility index (Phi) is 2.93. The molecule has 15 heavy (non-hydrogen) atoms. The molecule has 1 amide bonds. The number of hydrogen-bond acceptors (Lipinski definition) is 2. The maximum absolute atomic E-state index is 11.7. The van der Waals surface area contributed by atoms with E-state index in [0.29, 0.717) is 6.61 Å². The third kappa shape index (κ3) is 1.85. The van der Waals surface area contributed by atoms with E-state index in [-0.39, 0.29) is 18.0 Å². The fraction of sp³-hybridized carbons (Fsp3) is 0.364. The van der Waals surface area contributed by atoms with Gasteiger partial charge in [0.2, 0.25) is 5.91 Å². The van der Waals surface area contributed by atoms with E-state index in [1.165, 1.54) is 0 Å². The van der Waals surface area contributed by atoms with Crippen LogP contribution in [-0.2, 0) is 16.1 Å². The molecule has 0 radical (unpaired) electrons. The summed E-state index contributed by atoms with van der Waals surface area (Å²) in [6.45, 7) is 2.39. The molecule has 0 saturated heterocycles. The minimum atomic E-state index is -0.244. The highest BCUT2D eigenvalue weighted by molar-refractivity contribution is 6.29. The highest BCUT2D eigenvalue weighted by atomic mass is 35.5. The quantitative estimate of drug-likeness (QED) is 0.686. The summed E-state index contributed by atoms with van der Waals surface area (Å²) in [6, 6.07) is 7.71. The van der Waals surface area contributed by atoms with Crippen LogP contribution >= 0.6 is 11.6 Å². The third-order valence-corrected chi connectivity index (χ3v) is 2.71. The number of nitrogens with zero attached hydrogens (tertiary/aromatic N) is 1. The second-order valence-corrected chi connectivity index (χ2v) is 3.70. The molecular weight excluding hydrogens is 214 g/mol. The summed E-state index contributed by atoms with van der Waals surface area (Å²) < 4.78 is 5.49. The van der Waals surface area contributed by atoms with Crippen molar-refractivity contribution in [3.05, 3.63) is 29.8 Å². The fourth-order valence-electron chi connectivity index (χ4n) is 1.75. The van der Waals surface area contributed by atoms with Gasteiger partial charge in [-0.25, -0.2) is 0 Å². The van der Waals surface area contributed by atoms with Gasteiger partial charge in [-0.15, -0.1) is 11.6 Å². The van der Waals surface area contributed by atoms with Gasteiger partial charge in [-0.2, -0.15) is 0 Å². The molecule has 1 aromatic rings. The van der Waals surface area contributed by atoms with Crippen molar-refractivity contribution >= 4 is 23.2 Å². The number of carbonyl (C=O) groups is 1. The average molecular weight is 226 g/mol. The smallest absolute Gasteiger partial charge is 0.244 e. The molecule has 0 aliphatic carbocycles. The minimum Gasteiger partial charge on any atom is -0.353 e. The van der Waals surface area contributed by atoms with E-state index < -0.39 is 0 Å². The number of benzene rings is 1. The van der Waals surface area contributed by atoms with Gasteiger partial charge in [0.1, 0.15) is 12.1 Å². The van der Waals surface area contributed by atoms with Crippen LogP contribution in [0.4, 0.5) is 5.69 Å².